The van der Waals surface area contributed by atoms with Gasteiger partial charge in [-0.1, -0.05) is 0 Å². The van der Waals surface area contributed by atoms with Crippen molar-refractivity contribution >= 4 is 5.69 Å². The van der Waals surface area contributed by atoms with Gasteiger partial charge in [-0.05, 0) is 12.1 Å². The van der Waals surface area contributed by atoms with Crippen molar-refractivity contribution in [2.75, 3.05) is 12.3 Å². The zero-order valence-corrected chi connectivity index (χ0v) is 7.21. The number of hydrogen-bond donors (Lipinski definition) is 1. The first-order valence-corrected chi connectivity index (χ1v) is 3.89. The quantitative estimate of drug-likeness (QED) is 0.822. The molecule has 1 aromatic heterocycles. The molecule has 0 atom stereocenters. The van der Waals surface area contributed by atoms with Gasteiger partial charge in [0.25, 0.3) is 0 Å². The number of halogens is 3. The summed E-state index contributed by atoms with van der Waals surface area (Å²) in [5, 5.41) is 0. The first kappa shape index (κ1) is 10.6. The summed E-state index contributed by atoms with van der Waals surface area (Å²) >= 11 is 0. The van der Waals surface area contributed by atoms with E-state index in [4.69, 9.17) is 10.5 Å². The third-order valence-electron chi connectivity index (χ3n) is 1.42. The first-order valence-electron chi connectivity index (χ1n) is 3.89. The van der Waals surface area contributed by atoms with Crippen molar-refractivity contribution in [3.8, 4) is 5.88 Å². The van der Waals surface area contributed by atoms with Crippen LogP contribution in [0.3, 0.4) is 0 Å². The van der Waals surface area contributed by atoms with Crippen molar-refractivity contribution in [3.63, 3.8) is 0 Å². The lowest BCUT2D eigenvalue weighted by atomic mass is 10.4. The minimum atomic E-state index is -4.22. The SMILES string of the molecule is Nc1cccnc1OCCC(F)(F)F. The molecular formula is C8H9F3N2O. The van der Waals surface area contributed by atoms with E-state index in [1.807, 2.05) is 0 Å². The maximum atomic E-state index is 11.7. The van der Waals surface area contributed by atoms with Crippen molar-refractivity contribution in [1.82, 2.24) is 4.98 Å². The summed E-state index contributed by atoms with van der Waals surface area (Å²) in [7, 11) is 0. The van der Waals surface area contributed by atoms with E-state index in [-0.39, 0.29) is 11.6 Å². The number of anilines is 1. The van der Waals surface area contributed by atoms with Crippen LogP contribution in [0.5, 0.6) is 5.88 Å². The van der Waals surface area contributed by atoms with E-state index >= 15 is 0 Å². The van der Waals surface area contributed by atoms with Gasteiger partial charge < -0.3 is 10.5 Å². The highest BCUT2D eigenvalue weighted by Gasteiger charge is 2.26. The van der Waals surface area contributed by atoms with Crippen molar-refractivity contribution in [1.29, 1.82) is 0 Å². The molecule has 1 aromatic rings. The largest absolute Gasteiger partial charge is 0.476 e. The molecule has 2 N–H and O–H groups in total. The average Bonchev–Trinajstić information content (AvgIpc) is 2.06. The number of aromatic nitrogens is 1. The molecule has 3 nitrogen and oxygen atoms in total. The standard InChI is InChI=1S/C8H9F3N2O/c9-8(10,11)3-5-14-7-6(12)2-1-4-13-7/h1-2,4H,3,5,12H2. The van der Waals surface area contributed by atoms with E-state index in [1.54, 1.807) is 6.07 Å². The van der Waals surface area contributed by atoms with Crippen molar-refractivity contribution in [3.05, 3.63) is 18.3 Å². The summed E-state index contributed by atoms with van der Waals surface area (Å²) in [5.41, 5.74) is 5.63. The molecule has 1 heterocycles. The number of nitrogens with two attached hydrogens (primary N) is 1. The van der Waals surface area contributed by atoms with Crippen molar-refractivity contribution < 1.29 is 17.9 Å². The Kier molecular flexibility index (Phi) is 3.16. The van der Waals surface area contributed by atoms with Crippen molar-refractivity contribution in [2.24, 2.45) is 0 Å². The molecule has 0 aliphatic heterocycles. The van der Waals surface area contributed by atoms with Gasteiger partial charge in [-0.2, -0.15) is 13.2 Å². The van der Waals surface area contributed by atoms with Crippen LogP contribution in [0.15, 0.2) is 18.3 Å². The fourth-order valence-corrected chi connectivity index (χ4v) is 0.787. The Bertz CT molecular complexity index is 301. The zero-order valence-electron chi connectivity index (χ0n) is 7.21. The van der Waals surface area contributed by atoms with E-state index in [9.17, 15) is 13.2 Å². The molecule has 0 fully saturated rings. The van der Waals surface area contributed by atoms with Crippen LogP contribution in [0.4, 0.5) is 18.9 Å². The van der Waals surface area contributed by atoms with E-state index < -0.39 is 19.2 Å². The van der Waals surface area contributed by atoms with Gasteiger partial charge in [0.05, 0.1) is 18.7 Å². The molecule has 0 aliphatic rings. The predicted molar refractivity (Wildman–Crippen MR) is 44.8 cm³/mol. The Morgan fingerprint density at radius 2 is 2.14 bits per heavy atom. The van der Waals surface area contributed by atoms with Gasteiger partial charge in [-0.3, -0.25) is 0 Å². The Labute approximate surface area is 78.7 Å². The molecule has 0 amide bonds. The molecule has 78 valence electrons. The summed E-state index contributed by atoms with van der Waals surface area (Å²) in [6.07, 6.45) is -3.83. The first-order chi connectivity index (χ1) is 6.49. The molecule has 0 spiro atoms. The van der Waals surface area contributed by atoms with Crippen LogP contribution in [0.1, 0.15) is 6.42 Å². The Hall–Kier alpha value is -1.46. The van der Waals surface area contributed by atoms with Gasteiger partial charge in [0.15, 0.2) is 0 Å². The smallest absolute Gasteiger partial charge is 0.392 e. The zero-order chi connectivity index (χ0) is 10.6. The van der Waals surface area contributed by atoms with E-state index in [0.29, 0.717) is 0 Å². The number of rotatable bonds is 3. The van der Waals surface area contributed by atoms with E-state index in [0.717, 1.165) is 0 Å². The van der Waals surface area contributed by atoms with E-state index in [2.05, 4.69) is 4.98 Å². The van der Waals surface area contributed by atoms with Crippen LogP contribution in [-0.4, -0.2) is 17.8 Å². The minimum Gasteiger partial charge on any atom is -0.476 e. The summed E-state index contributed by atoms with van der Waals surface area (Å²) in [6, 6.07) is 3.09. The number of nitrogens with zero attached hydrogens (tertiary/aromatic N) is 1. The Balaban J connectivity index is 2.43. The molecule has 0 bridgehead atoms. The van der Waals surface area contributed by atoms with Crippen LogP contribution in [0.2, 0.25) is 0 Å². The number of hydrogen-bond acceptors (Lipinski definition) is 3. The highest BCUT2D eigenvalue weighted by Crippen LogP contribution is 2.21. The summed E-state index contributed by atoms with van der Waals surface area (Å²) in [6.45, 7) is -0.468. The lowest BCUT2D eigenvalue weighted by molar-refractivity contribution is -0.139. The number of nitrogen functional groups attached to an aromatic ring is 1. The van der Waals surface area contributed by atoms with Crippen LogP contribution in [0, 0.1) is 0 Å². The summed E-state index contributed by atoms with van der Waals surface area (Å²) in [5.74, 6) is 0.0387. The molecule has 6 heteroatoms. The second-order valence-electron chi connectivity index (χ2n) is 2.61. The van der Waals surface area contributed by atoms with Gasteiger partial charge in [-0.15, -0.1) is 0 Å². The minimum absolute atomic E-state index is 0.0387. The van der Waals surface area contributed by atoms with Crippen LogP contribution < -0.4 is 10.5 Å². The molecule has 0 radical (unpaired) electrons. The topological polar surface area (TPSA) is 48.1 Å². The van der Waals surface area contributed by atoms with Gasteiger partial charge in [0.2, 0.25) is 5.88 Å². The van der Waals surface area contributed by atoms with E-state index in [1.165, 1.54) is 12.3 Å². The van der Waals surface area contributed by atoms with Crippen LogP contribution in [0.25, 0.3) is 0 Å². The molecule has 0 aliphatic carbocycles. The molecule has 0 unspecified atom stereocenters. The molecule has 0 aromatic carbocycles. The molecule has 1 rings (SSSR count). The lowest BCUT2D eigenvalue weighted by Gasteiger charge is -2.08. The van der Waals surface area contributed by atoms with Gasteiger partial charge >= 0.3 is 6.18 Å². The van der Waals surface area contributed by atoms with Gasteiger partial charge in [-0.25, -0.2) is 4.98 Å². The highest BCUT2D eigenvalue weighted by molar-refractivity contribution is 5.46. The lowest BCUT2D eigenvalue weighted by Crippen LogP contribution is -2.13. The van der Waals surface area contributed by atoms with Crippen molar-refractivity contribution in [2.45, 2.75) is 12.6 Å². The second-order valence-corrected chi connectivity index (χ2v) is 2.61. The maximum Gasteiger partial charge on any atom is 0.392 e. The summed E-state index contributed by atoms with van der Waals surface area (Å²) in [4.78, 5) is 3.68. The average molecular weight is 206 g/mol. The van der Waals surface area contributed by atoms with Crippen LogP contribution in [-0.2, 0) is 0 Å². The molecule has 0 saturated carbocycles. The third-order valence-corrected chi connectivity index (χ3v) is 1.42. The van der Waals surface area contributed by atoms with Crippen LogP contribution >= 0.6 is 0 Å². The van der Waals surface area contributed by atoms with Gasteiger partial charge in [0, 0.05) is 6.20 Å². The molecular weight excluding hydrogens is 197 g/mol. The highest BCUT2D eigenvalue weighted by atomic mass is 19.4. The monoisotopic (exact) mass is 206 g/mol. The summed E-state index contributed by atoms with van der Waals surface area (Å²) < 4.78 is 39.9. The molecule has 0 saturated heterocycles. The Morgan fingerprint density at radius 1 is 1.43 bits per heavy atom. The normalized spacial score (nSPS) is 11.4. The number of ether oxygens (including phenoxy) is 1. The maximum absolute atomic E-state index is 11.7. The number of pyridine rings is 1. The Morgan fingerprint density at radius 3 is 2.71 bits per heavy atom. The molecule has 14 heavy (non-hydrogen) atoms. The van der Waals surface area contributed by atoms with Gasteiger partial charge in [0.1, 0.15) is 0 Å². The third kappa shape index (κ3) is 3.51. The second kappa shape index (κ2) is 4.17. The number of alkyl halides is 3. The fourth-order valence-electron chi connectivity index (χ4n) is 0.787. The fraction of sp³-hybridized carbons (Fsp3) is 0.375. The predicted octanol–water partition coefficient (Wildman–Crippen LogP) is 2.00.